The molecule has 0 aliphatic rings. The van der Waals surface area contributed by atoms with E-state index in [2.05, 4.69) is 5.32 Å². The van der Waals surface area contributed by atoms with Crippen molar-refractivity contribution in [2.45, 2.75) is 6.42 Å². The van der Waals surface area contributed by atoms with Crippen LogP contribution in [-0.2, 0) is 6.42 Å². The Morgan fingerprint density at radius 3 is 2.68 bits per heavy atom. The maximum absolute atomic E-state index is 13.4. The second kappa shape index (κ2) is 6.09. The molecule has 0 amide bonds. The number of hydrogen-bond acceptors (Lipinski definition) is 3. The summed E-state index contributed by atoms with van der Waals surface area (Å²) >= 11 is 0. The van der Waals surface area contributed by atoms with Crippen molar-refractivity contribution < 1.29 is 9.13 Å². The molecule has 3 nitrogen and oxygen atoms in total. The fourth-order valence-corrected chi connectivity index (χ4v) is 1.86. The van der Waals surface area contributed by atoms with Crippen molar-refractivity contribution in [2.24, 2.45) is 0 Å². The van der Waals surface area contributed by atoms with E-state index in [9.17, 15) is 4.39 Å². The van der Waals surface area contributed by atoms with Crippen LogP contribution < -0.4 is 15.8 Å². The zero-order valence-corrected chi connectivity index (χ0v) is 10.8. The lowest BCUT2D eigenvalue weighted by Gasteiger charge is -2.11. The van der Waals surface area contributed by atoms with Gasteiger partial charge < -0.3 is 15.8 Å². The van der Waals surface area contributed by atoms with Gasteiger partial charge in [-0.3, -0.25) is 0 Å². The summed E-state index contributed by atoms with van der Waals surface area (Å²) in [4.78, 5) is 0. The van der Waals surface area contributed by atoms with Crippen LogP contribution >= 0.6 is 0 Å². The highest BCUT2D eigenvalue weighted by Crippen LogP contribution is 2.23. The second-order valence-corrected chi connectivity index (χ2v) is 4.22. The molecule has 0 aromatic heterocycles. The third kappa shape index (κ3) is 3.37. The predicted octanol–water partition coefficient (Wildman–Crippen LogP) is 3.07. The van der Waals surface area contributed by atoms with Gasteiger partial charge in [-0.25, -0.2) is 4.39 Å². The van der Waals surface area contributed by atoms with Gasteiger partial charge in [-0.1, -0.05) is 18.2 Å². The molecule has 0 radical (unpaired) electrons. The van der Waals surface area contributed by atoms with Crippen molar-refractivity contribution in [3.05, 3.63) is 53.8 Å². The van der Waals surface area contributed by atoms with E-state index in [1.54, 1.807) is 25.3 Å². The normalized spacial score (nSPS) is 10.2. The molecule has 0 heterocycles. The second-order valence-electron chi connectivity index (χ2n) is 4.22. The molecule has 0 unspecified atom stereocenters. The summed E-state index contributed by atoms with van der Waals surface area (Å²) in [5.74, 6) is 0.546. The Hall–Kier alpha value is -2.23. The Balaban J connectivity index is 1.94. The van der Waals surface area contributed by atoms with Gasteiger partial charge in [0, 0.05) is 12.6 Å². The fraction of sp³-hybridized carbons (Fsp3) is 0.200. The summed E-state index contributed by atoms with van der Waals surface area (Å²) in [5, 5.41) is 3.19. The van der Waals surface area contributed by atoms with Crippen LogP contribution in [0, 0.1) is 5.82 Å². The van der Waals surface area contributed by atoms with Crippen molar-refractivity contribution in [1.82, 2.24) is 0 Å². The van der Waals surface area contributed by atoms with Crippen LogP contribution in [0.3, 0.4) is 0 Å². The molecule has 19 heavy (non-hydrogen) atoms. The Kier molecular flexibility index (Phi) is 4.23. The van der Waals surface area contributed by atoms with Crippen LogP contribution in [0.15, 0.2) is 42.5 Å². The molecule has 0 bridgehead atoms. The number of benzene rings is 2. The van der Waals surface area contributed by atoms with Crippen molar-refractivity contribution in [2.75, 3.05) is 24.7 Å². The van der Waals surface area contributed by atoms with E-state index in [1.807, 2.05) is 18.2 Å². The molecule has 3 N–H and O–H groups in total. The van der Waals surface area contributed by atoms with E-state index < -0.39 is 0 Å². The molecule has 2 aromatic rings. The van der Waals surface area contributed by atoms with E-state index in [1.165, 1.54) is 6.07 Å². The molecule has 0 saturated heterocycles. The number of nitrogens with two attached hydrogens (primary N) is 1. The minimum absolute atomic E-state index is 0.174. The maximum atomic E-state index is 13.4. The number of nitrogens with one attached hydrogen (secondary N) is 1. The zero-order chi connectivity index (χ0) is 13.7. The quantitative estimate of drug-likeness (QED) is 0.812. The predicted molar refractivity (Wildman–Crippen MR) is 76.0 cm³/mol. The van der Waals surface area contributed by atoms with E-state index in [4.69, 9.17) is 10.5 Å². The molecule has 2 aromatic carbocycles. The molecule has 0 spiro atoms. The lowest BCUT2D eigenvalue weighted by molar-refractivity contribution is 0.415. The van der Waals surface area contributed by atoms with E-state index in [0.717, 1.165) is 11.4 Å². The summed E-state index contributed by atoms with van der Waals surface area (Å²) in [6.07, 6.45) is 0.609. The van der Waals surface area contributed by atoms with Crippen molar-refractivity contribution in [3.8, 4) is 5.75 Å². The highest BCUT2D eigenvalue weighted by atomic mass is 19.1. The van der Waals surface area contributed by atoms with E-state index >= 15 is 0 Å². The fourth-order valence-electron chi connectivity index (χ4n) is 1.86. The number of methoxy groups -OCH3 is 1. The van der Waals surface area contributed by atoms with E-state index in [-0.39, 0.29) is 5.82 Å². The van der Waals surface area contributed by atoms with Gasteiger partial charge in [0.1, 0.15) is 11.6 Å². The molecular weight excluding hydrogens is 243 g/mol. The maximum Gasteiger partial charge on any atom is 0.126 e. The smallest absolute Gasteiger partial charge is 0.126 e. The van der Waals surface area contributed by atoms with Gasteiger partial charge in [0.15, 0.2) is 0 Å². The molecule has 0 saturated carbocycles. The number of ether oxygens (including phenoxy) is 1. The number of rotatable bonds is 5. The van der Waals surface area contributed by atoms with Gasteiger partial charge in [-0.05, 0) is 30.2 Å². The van der Waals surface area contributed by atoms with Gasteiger partial charge in [0.05, 0.1) is 18.5 Å². The Labute approximate surface area is 112 Å². The molecule has 2 rings (SSSR count). The monoisotopic (exact) mass is 260 g/mol. The SMILES string of the molecule is COc1ccc(NCCc2ccccc2F)c(N)c1. The lowest BCUT2D eigenvalue weighted by Crippen LogP contribution is -2.07. The van der Waals surface area contributed by atoms with Gasteiger partial charge in [0.2, 0.25) is 0 Å². The summed E-state index contributed by atoms with van der Waals surface area (Å²) in [5.41, 5.74) is 8.04. The number of hydrogen-bond donors (Lipinski definition) is 2. The van der Waals surface area contributed by atoms with Crippen LogP contribution in [-0.4, -0.2) is 13.7 Å². The van der Waals surface area contributed by atoms with Crippen LogP contribution in [0.2, 0.25) is 0 Å². The average molecular weight is 260 g/mol. The van der Waals surface area contributed by atoms with Crippen LogP contribution in [0.25, 0.3) is 0 Å². The lowest BCUT2D eigenvalue weighted by atomic mass is 10.1. The third-order valence-electron chi connectivity index (χ3n) is 2.93. The first-order valence-electron chi connectivity index (χ1n) is 6.11. The van der Waals surface area contributed by atoms with Gasteiger partial charge >= 0.3 is 0 Å². The first-order chi connectivity index (χ1) is 9.20. The molecule has 0 fully saturated rings. The number of nitrogen functional groups attached to an aromatic ring is 1. The largest absolute Gasteiger partial charge is 0.497 e. The summed E-state index contributed by atoms with van der Waals surface area (Å²) in [7, 11) is 1.60. The van der Waals surface area contributed by atoms with Crippen molar-refractivity contribution in [1.29, 1.82) is 0 Å². The zero-order valence-electron chi connectivity index (χ0n) is 10.8. The van der Waals surface area contributed by atoms with Gasteiger partial charge in [-0.2, -0.15) is 0 Å². The van der Waals surface area contributed by atoms with Crippen LogP contribution in [0.5, 0.6) is 5.75 Å². The van der Waals surface area contributed by atoms with E-state index in [0.29, 0.717) is 24.2 Å². The van der Waals surface area contributed by atoms with Crippen molar-refractivity contribution in [3.63, 3.8) is 0 Å². The Bertz CT molecular complexity index is 558. The summed E-state index contributed by atoms with van der Waals surface area (Å²) in [6.45, 7) is 0.622. The standard InChI is InChI=1S/C15H17FN2O/c1-19-12-6-7-15(14(17)10-12)18-9-8-11-4-2-3-5-13(11)16/h2-7,10,18H,8-9,17H2,1H3. The molecule has 0 aliphatic heterocycles. The van der Waals surface area contributed by atoms with Crippen LogP contribution in [0.1, 0.15) is 5.56 Å². The minimum Gasteiger partial charge on any atom is -0.497 e. The number of anilines is 2. The first-order valence-corrected chi connectivity index (χ1v) is 6.11. The summed E-state index contributed by atoms with van der Waals surface area (Å²) < 4.78 is 18.5. The first kappa shape index (κ1) is 13.2. The van der Waals surface area contributed by atoms with Gasteiger partial charge in [-0.15, -0.1) is 0 Å². The molecule has 0 aliphatic carbocycles. The highest BCUT2D eigenvalue weighted by molar-refractivity contribution is 5.68. The third-order valence-corrected chi connectivity index (χ3v) is 2.93. The molecule has 0 atom stereocenters. The average Bonchev–Trinajstić information content (AvgIpc) is 2.42. The highest BCUT2D eigenvalue weighted by Gasteiger charge is 2.03. The van der Waals surface area contributed by atoms with Crippen LogP contribution in [0.4, 0.5) is 15.8 Å². The topological polar surface area (TPSA) is 47.3 Å². The van der Waals surface area contributed by atoms with Gasteiger partial charge in [0.25, 0.3) is 0 Å². The number of halogens is 1. The Morgan fingerprint density at radius 2 is 2.00 bits per heavy atom. The molecule has 100 valence electrons. The Morgan fingerprint density at radius 1 is 1.21 bits per heavy atom. The molecule has 4 heteroatoms. The minimum atomic E-state index is -0.174. The summed E-state index contributed by atoms with van der Waals surface area (Å²) in [6, 6.07) is 12.2. The molecular formula is C15H17FN2O. The van der Waals surface area contributed by atoms with Crippen molar-refractivity contribution >= 4 is 11.4 Å².